The van der Waals surface area contributed by atoms with E-state index in [2.05, 4.69) is 36.0 Å². The number of aromatic nitrogens is 4. The zero-order chi connectivity index (χ0) is 24.8. The molecule has 36 heavy (non-hydrogen) atoms. The molecule has 3 heterocycles. The molecule has 8 heteroatoms. The number of fused-ring (bicyclic) bond motifs is 3. The zero-order valence-electron chi connectivity index (χ0n) is 21.4. The van der Waals surface area contributed by atoms with E-state index in [1.165, 1.54) is 5.56 Å². The van der Waals surface area contributed by atoms with Crippen LogP contribution in [0.25, 0.3) is 17.2 Å². The highest BCUT2D eigenvalue weighted by atomic mass is 16.5. The summed E-state index contributed by atoms with van der Waals surface area (Å²) in [6.07, 6.45) is 8.68. The van der Waals surface area contributed by atoms with Gasteiger partial charge in [0, 0.05) is 36.8 Å². The summed E-state index contributed by atoms with van der Waals surface area (Å²) in [4.78, 5) is 27.8. The van der Waals surface area contributed by atoms with Gasteiger partial charge in [-0.05, 0) is 74.5 Å². The lowest BCUT2D eigenvalue weighted by Crippen LogP contribution is -2.38. The van der Waals surface area contributed by atoms with Crippen LogP contribution in [-0.2, 0) is 12.8 Å². The molecule has 1 amide bonds. The fourth-order valence-corrected chi connectivity index (χ4v) is 5.89. The first-order chi connectivity index (χ1) is 17.6. The van der Waals surface area contributed by atoms with Gasteiger partial charge in [0.2, 0.25) is 0 Å². The van der Waals surface area contributed by atoms with E-state index in [1.54, 1.807) is 13.3 Å². The standard InChI is InChI=1S/C28H34N6O2/c1-4-32(5-2)21-12-13-33(17-21)27(35)24-16-30-34(26(24)18-6-7-18)28-29-15-20-9-8-19-14-22(36-3)10-11-23(19)25(20)31-28/h10-11,14-16,18,21H,4-9,12-13,17H2,1-3H3/t21-/m1/s1. The average molecular weight is 487 g/mol. The highest BCUT2D eigenvalue weighted by Gasteiger charge is 2.37. The van der Waals surface area contributed by atoms with Gasteiger partial charge in [-0.3, -0.25) is 9.69 Å². The van der Waals surface area contributed by atoms with Crippen molar-refractivity contribution >= 4 is 5.91 Å². The summed E-state index contributed by atoms with van der Waals surface area (Å²) in [6.45, 7) is 7.99. The van der Waals surface area contributed by atoms with Crippen LogP contribution in [0.5, 0.6) is 5.75 Å². The molecule has 2 fully saturated rings. The Morgan fingerprint density at radius 2 is 1.92 bits per heavy atom. The van der Waals surface area contributed by atoms with Crippen molar-refractivity contribution in [2.24, 2.45) is 0 Å². The summed E-state index contributed by atoms with van der Waals surface area (Å²) in [5.74, 6) is 1.83. The van der Waals surface area contributed by atoms with Crippen LogP contribution >= 0.6 is 0 Å². The molecular formula is C28H34N6O2. The lowest BCUT2D eigenvalue weighted by Gasteiger charge is -2.26. The smallest absolute Gasteiger partial charge is 0.257 e. The number of hydrogen-bond acceptors (Lipinski definition) is 6. The summed E-state index contributed by atoms with van der Waals surface area (Å²) in [5, 5.41) is 4.67. The summed E-state index contributed by atoms with van der Waals surface area (Å²) >= 11 is 0. The number of carbonyl (C=O) groups is 1. The Balaban J connectivity index is 1.33. The number of rotatable bonds is 7. The van der Waals surface area contributed by atoms with Gasteiger partial charge in [-0.2, -0.15) is 5.10 Å². The Morgan fingerprint density at radius 3 is 2.67 bits per heavy atom. The molecular weight excluding hydrogens is 452 g/mol. The molecule has 0 N–H and O–H groups in total. The van der Waals surface area contributed by atoms with Gasteiger partial charge in [0.15, 0.2) is 0 Å². The van der Waals surface area contributed by atoms with E-state index in [-0.39, 0.29) is 5.91 Å². The number of hydrogen-bond donors (Lipinski definition) is 0. The van der Waals surface area contributed by atoms with Crippen molar-refractivity contribution in [1.29, 1.82) is 0 Å². The van der Waals surface area contributed by atoms with E-state index in [9.17, 15) is 4.79 Å². The van der Waals surface area contributed by atoms with Crippen molar-refractivity contribution in [3.8, 4) is 23.0 Å². The molecule has 2 aliphatic carbocycles. The highest BCUT2D eigenvalue weighted by Crippen LogP contribution is 2.43. The van der Waals surface area contributed by atoms with Crippen molar-refractivity contribution < 1.29 is 9.53 Å². The van der Waals surface area contributed by atoms with Crippen LogP contribution < -0.4 is 4.74 Å². The number of likely N-dealkylation sites (N-methyl/N-ethyl adjacent to an activating group) is 1. The second-order valence-electron chi connectivity index (χ2n) is 10.1. The van der Waals surface area contributed by atoms with Gasteiger partial charge in [-0.1, -0.05) is 13.8 Å². The molecule has 0 unspecified atom stereocenters. The first kappa shape index (κ1) is 23.2. The number of aryl methyl sites for hydroxylation is 2. The molecule has 1 aliphatic heterocycles. The second-order valence-corrected chi connectivity index (χ2v) is 10.1. The van der Waals surface area contributed by atoms with Crippen LogP contribution in [0.2, 0.25) is 0 Å². The fourth-order valence-electron chi connectivity index (χ4n) is 5.89. The third-order valence-electron chi connectivity index (χ3n) is 8.05. The normalized spacial score (nSPS) is 18.9. The summed E-state index contributed by atoms with van der Waals surface area (Å²) in [6, 6.07) is 6.60. The maximum atomic E-state index is 13.6. The third kappa shape index (κ3) is 3.97. The van der Waals surface area contributed by atoms with Crippen LogP contribution in [0, 0.1) is 0 Å². The van der Waals surface area contributed by atoms with Crippen molar-refractivity contribution in [2.45, 2.75) is 57.9 Å². The third-order valence-corrected chi connectivity index (χ3v) is 8.05. The van der Waals surface area contributed by atoms with Crippen LogP contribution in [0.1, 0.15) is 66.2 Å². The molecule has 0 spiro atoms. The average Bonchev–Trinajstić information content (AvgIpc) is 3.47. The SMILES string of the molecule is CCN(CC)[C@@H]1CCN(C(=O)c2cnn(-c3ncc4c(n3)-c3ccc(OC)cc3CC4)c2C2CC2)C1. The molecule has 3 aliphatic rings. The molecule has 1 saturated heterocycles. The van der Waals surface area contributed by atoms with E-state index in [0.29, 0.717) is 23.5 Å². The van der Waals surface area contributed by atoms with Crippen LogP contribution in [-0.4, -0.2) is 74.8 Å². The first-order valence-electron chi connectivity index (χ1n) is 13.3. The maximum Gasteiger partial charge on any atom is 0.257 e. The Labute approximate surface area is 212 Å². The van der Waals surface area contributed by atoms with Crippen molar-refractivity contribution in [3.63, 3.8) is 0 Å². The fraction of sp³-hybridized carbons (Fsp3) is 0.500. The van der Waals surface area contributed by atoms with Crippen molar-refractivity contribution in [2.75, 3.05) is 33.3 Å². The minimum Gasteiger partial charge on any atom is -0.497 e. The van der Waals surface area contributed by atoms with Gasteiger partial charge in [0.25, 0.3) is 11.9 Å². The Hall–Kier alpha value is -3.26. The van der Waals surface area contributed by atoms with Gasteiger partial charge < -0.3 is 9.64 Å². The molecule has 0 radical (unpaired) electrons. The largest absolute Gasteiger partial charge is 0.497 e. The molecule has 3 aromatic rings. The molecule has 8 nitrogen and oxygen atoms in total. The van der Waals surface area contributed by atoms with Gasteiger partial charge in [-0.15, -0.1) is 0 Å². The molecule has 1 saturated carbocycles. The number of likely N-dealkylation sites (tertiary alicyclic amines) is 1. The minimum absolute atomic E-state index is 0.0909. The summed E-state index contributed by atoms with van der Waals surface area (Å²) in [7, 11) is 1.70. The lowest BCUT2D eigenvalue weighted by molar-refractivity contribution is 0.0776. The van der Waals surface area contributed by atoms with Gasteiger partial charge in [-0.25, -0.2) is 14.6 Å². The lowest BCUT2D eigenvalue weighted by atomic mass is 9.90. The van der Waals surface area contributed by atoms with Crippen LogP contribution in [0.15, 0.2) is 30.6 Å². The Kier molecular flexibility index (Phi) is 5.99. The minimum atomic E-state index is 0.0909. The first-order valence-corrected chi connectivity index (χ1v) is 13.3. The zero-order valence-corrected chi connectivity index (χ0v) is 21.4. The molecule has 0 bridgehead atoms. The quantitative estimate of drug-likeness (QED) is 0.505. The molecule has 188 valence electrons. The second kappa shape index (κ2) is 9.32. The van der Waals surface area contributed by atoms with E-state index in [4.69, 9.17) is 14.7 Å². The Bertz CT molecular complexity index is 1290. The maximum absolute atomic E-state index is 13.6. The summed E-state index contributed by atoms with van der Waals surface area (Å²) in [5.41, 5.74) is 6.14. The number of methoxy groups -OCH3 is 1. The van der Waals surface area contributed by atoms with Crippen LogP contribution in [0.3, 0.4) is 0 Å². The predicted octanol–water partition coefficient (Wildman–Crippen LogP) is 3.87. The van der Waals surface area contributed by atoms with Crippen molar-refractivity contribution in [3.05, 3.63) is 53.0 Å². The predicted molar refractivity (Wildman–Crippen MR) is 138 cm³/mol. The number of ether oxygens (including phenoxy) is 1. The number of benzene rings is 1. The summed E-state index contributed by atoms with van der Waals surface area (Å²) < 4.78 is 7.24. The number of nitrogens with zero attached hydrogens (tertiary/aromatic N) is 6. The van der Waals surface area contributed by atoms with E-state index < -0.39 is 0 Å². The molecule has 6 rings (SSSR count). The molecule has 2 aromatic heterocycles. The van der Waals surface area contributed by atoms with E-state index in [0.717, 1.165) is 86.5 Å². The van der Waals surface area contributed by atoms with Gasteiger partial charge in [0.05, 0.1) is 30.3 Å². The number of amides is 1. The molecule has 1 atom stereocenters. The van der Waals surface area contributed by atoms with Gasteiger partial charge >= 0.3 is 0 Å². The monoisotopic (exact) mass is 486 g/mol. The topological polar surface area (TPSA) is 76.4 Å². The highest BCUT2D eigenvalue weighted by molar-refractivity contribution is 5.95. The van der Waals surface area contributed by atoms with Crippen molar-refractivity contribution in [1.82, 2.24) is 29.5 Å². The van der Waals surface area contributed by atoms with E-state index >= 15 is 0 Å². The number of carbonyl (C=O) groups excluding carboxylic acids is 1. The van der Waals surface area contributed by atoms with Crippen LogP contribution in [0.4, 0.5) is 0 Å². The van der Waals surface area contributed by atoms with Gasteiger partial charge in [0.1, 0.15) is 5.75 Å². The van der Waals surface area contributed by atoms with E-state index in [1.807, 2.05) is 21.8 Å². The molecule has 1 aromatic carbocycles. The Morgan fingerprint density at radius 1 is 1.11 bits per heavy atom.